The molecule has 0 amide bonds. The zero-order valence-corrected chi connectivity index (χ0v) is 12.7. The second-order valence-electron chi connectivity index (χ2n) is 4.72. The summed E-state index contributed by atoms with van der Waals surface area (Å²) in [6.45, 7) is 2.74. The predicted molar refractivity (Wildman–Crippen MR) is 84.2 cm³/mol. The Labute approximate surface area is 128 Å². The van der Waals surface area contributed by atoms with Gasteiger partial charge in [0.1, 0.15) is 5.82 Å². The molecule has 0 saturated heterocycles. The highest BCUT2D eigenvalue weighted by Gasteiger charge is 2.15. The van der Waals surface area contributed by atoms with Crippen LogP contribution in [0, 0.1) is 5.82 Å². The molecule has 4 heteroatoms. The van der Waals surface area contributed by atoms with E-state index in [0.29, 0.717) is 12.4 Å². The van der Waals surface area contributed by atoms with Crippen LogP contribution in [-0.2, 0) is 6.54 Å². The topological polar surface area (TPSA) is 3.24 Å². The van der Waals surface area contributed by atoms with E-state index in [2.05, 4.69) is 17.0 Å². The quantitative estimate of drug-likeness (QED) is 0.693. The summed E-state index contributed by atoms with van der Waals surface area (Å²) in [7, 11) is 0. The van der Waals surface area contributed by atoms with Crippen LogP contribution in [0.3, 0.4) is 0 Å². The minimum absolute atomic E-state index is 0.124. The number of halogens is 3. The normalized spacial score (nSPS) is 12.2. The van der Waals surface area contributed by atoms with Gasteiger partial charge < -0.3 is 4.90 Å². The Balaban J connectivity index is 2.29. The van der Waals surface area contributed by atoms with Crippen molar-refractivity contribution in [1.29, 1.82) is 0 Å². The number of anilines is 1. The molecule has 2 aromatic rings. The van der Waals surface area contributed by atoms with E-state index in [0.717, 1.165) is 5.69 Å². The molecule has 1 nitrogen and oxygen atoms in total. The molecular formula is C16H16Cl2FN. The van der Waals surface area contributed by atoms with E-state index in [1.165, 1.54) is 11.6 Å². The van der Waals surface area contributed by atoms with Gasteiger partial charge in [0, 0.05) is 24.2 Å². The third kappa shape index (κ3) is 3.65. The van der Waals surface area contributed by atoms with Crippen LogP contribution < -0.4 is 4.90 Å². The molecule has 2 rings (SSSR count). The Morgan fingerprint density at radius 1 is 1.15 bits per heavy atom. The minimum Gasteiger partial charge on any atom is -0.363 e. The molecule has 0 spiro atoms. The predicted octanol–water partition coefficient (Wildman–Crippen LogP) is 5.11. The number of hydrogen-bond donors (Lipinski definition) is 0. The average Bonchev–Trinajstić information content (AvgIpc) is 2.48. The van der Waals surface area contributed by atoms with Gasteiger partial charge in [-0.05, 0) is 30.7 Å². The maximum Gasteiger partial charge on any atom is 0.141 e. The van der Waals surface area contributed by atoms with Gasteiger partial charge in [-0.25, -0.2) is 4.39 Å². The van der Waals surface area contributed by atoms with E-state index in [4.69, 9.17) is 23.2 Å². The van der Waals surface area contributed by atoms with E-state index in [9.17, 15) is 4.39 Å². The fourth-order valence-electron chi connectivity index (χ4n) is 2.03. The standard InChI is InChI=1S/C16H16Cl2FN/c1-12(10-17)20(11-13-5-3-2-4-6-13)14-7-8-16(19)15(18)9-14/h2-9,12H,10-11H2,1H3. The molecule has 0 bridgehead atoms. The summed E-state index contributed by atoms with van der Waals surface area (Å²) >= 11 is 11.9. The van der Waals surface area contributed by atoms with Crippen molar-refractivity contribution >= 4 is 28.9 Å². The van der Waals surface area contributed by atoms with Crippen LogP contribution in [0.2, 0.25) is 5.02 Å². The number of nitrogens with zero attached hydrogens (tertiary/aromatic N) is 1. The Morgan fingerprint density at radius 3 is 2.45 bits per heavy atom. The van der Waals surface area contributed by atoms with Crippen LogP contribution in [0.15, 0.2) is 48.5 Å². The lowest BCUT2D eigenvalue weighted by molar-refractivity contribution is 0.626. The van der Waals surface area contributed by atoms with Gasteiger partial charge in [-0.1, -0.05) is 41.9 Å². The summed E-state index contributed by atoms with van der Waals surface area (Å²) in [5, 5.41) is 0.127. The minimum atomic E-state index is -0.409. The molecule has 0 saturated carbocycles. The van der Waals surface area contributed by atoms with Crippen molar-refractivity contribution in [2.24, 2.45) is 0 Å². The van der Waals surface area contributed by atoms with Crippen molar-refractivity contribution in [3.05, 3.63) is 64.9 Å². The number of hydrogen-bond acceptors (Lipinski definition) is 1. The summed E-state index contributed by atoms with van der Waals surface area (Å²) in [5.41, 5.74) is 2.04. The maximum absolute atomic E-state index is 13.3. The largest absolute Gasteiger partial charge is 0.363 e. The van der Waals surface area contributed by atoms with Crippen molar-refractivity contribution in [3.8, 4) is 0 Å². The molecule has 0 aliphatic carbocycles. The molecule has 0 heterocycles. The Kier molecular flexibility index (Phi) is 5.27. The molecule has 1 atom stereocenters. The SMILES string of the molecule is CC(CCl)N(Cc1ccccc1)c1ccc(F)c(Cl)c1. The Morgan fingerprint density at radius 2 is 1.85 bits per heavy atom. The molecule has 20 heavy (non-hydrogen) atoms. The summed E-state index contributed by atoms with van der Waals surface area (Å²) in [6, 6.07) is 15.0. The van der Waals surface area contributed by atoms with Gasteiger partial charge in [0.05, 0.1) is 5.02 Å². The van der Waals surface area contributed by atoms with Crippen LogP contribution in [0.1, 0.15) is 12.5 Å². The van der Waals surface area contributed by atoms with Crippen molar-refractivity contribution in [3.63, 3.8) is 0 Å². The zero-order chi connectivity index (χ0) is 14.5. The third-order valence-electron chi connectivity index (χ3n) is 3.19. The number of benzene rings is 2. The highest BCUT2D eigenvalue weighted by atomic mass is 35.5. The molecule has 0 N–H and O–H groups in total. The van der Waals surface area contributed by atoms with Crippen LogP contribution in [-0.4, -0.2) is 11.9 Å². The zero-order valence-electron chi connectivity index (χ0n) is 11.2. The van der Waals surface area contributed by atoms with Crippen LogP contribution in [0.5, 0.6) is 0 Å². The number of alkyl halides is 1. The fourth-order valence-corrected chi connectivity index (χ4v) is 2.37. The Hall–Kier alpha value is -1.25. The maximum atomic E-state index is 13.3. The Bertz CT molecular complexity index is 560. The molecule has 0 radical (unpaired) electrons. The van der Waals surface area contributed by atoms with Crippen LogP contribution >= 0.6 is 23.2 Å². The van der Waals surface area contributed by atoms with Crippen molar-refractivity contribution < 1.29 is 4.39 Å². The van der Waals surface area contributed by atoms with E-state index in [1.807, 2.05) is 25.1 Å². The van der Waals surface area contributed by atoms with Gasteiger partial charge >= 0.3 is 0 Å². The van der Waals surface area contributed by atoms with Gasteiger partial charge in [0.2, 0.25) is 0 Å². The molecule has 0 fully saturated rings. The smallest absolute Gasteiger partial charge is 0.141 e. The molecule has 0 aliphatic heterocycles. The van der Waals surface area contributed by atoms with E-state index in [-0.39, 0.29) is 11.1 Å². The molecule has 1 unspecified atom stereocenters. The second-order valence-corrected chi connectivity index (χ2v) is 5.43. The first-order valence-corrected chi connectivity index (χ1v) is 7.34. The van der Waals surface area contributed by atoms with Crippen LogP contribution in [0.4, 0.5) is 10.1 Å². The van der Waals surface area contributed by atoms with Crippen molar-refractivity contribution in [1.82, 2.24) is 0 Å². The van der Waals surface area contributed by atoms with Gasteiger partial charge in [-0.2, -0.15) is 0 Å². The van der Waals surface area contributed by atoms with Crippen LogP contribution in [0.25, 0.3) is 0 Å². The molecular weight excluding hydrogens is 296 g/mol. The fraction of sp³-hybridized carbons (Fsp3) is 0.250. The van der Waals surface area contributed by atoms with E-state index in [1.54, 1.807) is 12.1 Å². The molecule has 0 aromatic heterocycles. The molecule has 106 valence electrons. The summed E-state index contributed by atoms with van der Waals surface area (Å²) in [5.74, 6) is 0.0792. The number of rotatable bonds is 5. The summed E-state index contributed by atoms with van der Waals surface area (Å²) in [6.07, 6.45) is 0. The van der Waals surface area contributed by atoms with E-state index >= 15 is 0 Å². The van der Waals surface area contributed by atoms with Gasteiger partial charge in [0.25, 0.3) is 0 Å². The van der Waals surface area contributed by atoms with Crippen molar-refractivity contribution in [2.75, 3.05) is 10.8 Å². The highest BCUT2D eigenvalue weighted by Crippen LogP contribution is 2.26. The monoisotopic (exact) mass is 311 g/mol. The first kappa shape index (κ1) is 15.1. The lowest BCUT2D eigenvalue weighted by Gasteiger charge is -2.30. The summed E-state index contributed by atoms with van der Waals surface area (Å²) < 4.78 is 13.3. The lowest BCUT2D eigenvalue weighted by Crippen LogP contribution is -2.33. The van der Waals surface area contributed by atoms with Gasteiger partial charge in [-0.3, -0.25) is 0 Å². The highest BCUT2D eigenvalue weighted by molar-refractivity contribution is 6.31. The molecule has 0 aliphatic rings. The third-order valence-corrected chi connectivity index (χ3v) is 3.92. The summed E-state index contributed by atoms with van der Waals surface area (Å²) in [4.78, 5) is 2.12. The first-order valence-electron chi connectivity index (χ1n) is 6.43. The van der Waals surface area contributed by atoms with E-state index < -0.39 is 5.82 Å². The first-order chi connectivity index (χ1) is 9.61. The van der Waals surface area contributed by atoms with Crippen molar-refractivity contribution in [2.45, 2.75) is 19.5 Å². The second kappa shape index (κ2) is 6.96. The van der Waals surface area contributed by atoms with Gasteiger partial charge in [-0.15, -0.1) is 11.6 Å². The lowest BCUT2D eigenvalue weighted by atomic mass is 10.1. The van der Waals surface area contributed by atoms with Gasteiger partial charge in [0.15, 0.2) is 0 Å². The average molecular weight is 312 g/mol. The molecule has 2 aromatic carbocycles.